The number of esters is 1. The summed E-state index contributed by atoms with van der Waals surface area (Å²) in [4.78, 5) is 20.9. The molecule has 0 aliphatic carbocycles. The average molecular weight is 419 g/mol. The number of aromatic nitrogens is 4. The number of pyridine rings is 2. The maximum absolute atomic E-state index is 12.1. The minimum atomic E-state index is -0.591. The second-order valence-electron chi connectivity index (χ2n) is 6.74. The number of halogens is 1. The first-order valence-electron chi connectivity index (χ1n) is 8.00. The summed E-state index contributed by atoms with van der Waals surface area (Å²) in [5.41, 5.74) is 1.21. The van der Waals surface area contributed by atoms with Crippen LogP contribution in [0, 0.1) is 5.41 Å². The van der Waals surface area contributed by atoms with Crippen molar-refractivity contribution in [1.82, 2.24) is 19.7 Å². The second-order valence-corrected chi connectivity index (χ2v) is 7.65. The van der Waals surface area contributed by atoms with E-state index >= 15 is 0 Å². The first kappa shape index (κ1) is 18.3. The zero-order chi connectivity index (χ0) is 18.9. The molecule has 3 heterocycles. The van der Waals surface area contributed by atoms with Crippen LogP contribution in [-0.4, -0.2) is 32.8 Å². The van der Waals surface area contributed by atoms with Crippen LogP contribution in [0.15, 0.2) is 35.1 Å². The number of hydrogen-bond donors (Lipinski definition) is 0. The Bertz CT molecular complexity index is 963. The minimum Gasteiger partial charge on any atom is -0.494 e. The molecule has 0 amide bonds. The lowest BCUT2D eigenvalue weighted by atomic mass is 9.98. The Hall–Kier alpha value is -2.48. The Balaban J connectivity index is 2.08. The van der Waals surface area contributed by atoms with Crippen LogP contribution >= 0.6 is 15.9 Å². The quantitative estimate of drug-likeness (QED) is 0.599. The van der Waals surface area contributed by atoms with Crippen molar-refractivity contribution in [3.8, 4) is 17.1 Å². The van der Waals surface area contributed by atoms with Gasteiger partial charge in [-0.1, -0.05) is 0 Å². The van der Waals surface area contributed by atoms with Gasteiger partial charge in [-0.05, 0) is 54.9 Å². The van der Waals surface area contributed by atoms with Crippen LogP contribution in [0.5, 0.6) is 5.75 Å². The molecule has 0 aliphatic rings. The molecule has 0 bridgehead atoms. The molecule has 0 unspecified atom stereocenters. The SMILES string of the molecule is COc1cccnc1-c1nn(COC(=O)C(C)(C)C)c2ncc(Br)cc12. The van der Waals surface area contributed by atoms with E-state index in [4.69, 9.17) is 9.47 Å². The largest absolute Gasteiger partial charge is 0.494 e. The number of nitrogens with zero attached hydrogens (tertiary/aromatic N) is 4. The summed E-state index contributed by atoms with van der Waals surface area (Å²) in [7, 11) is 1.58. The molecular formula is C18H19BrN4O3. The Labute approximate surface area is 159 Å². The van der Waals surface area contributed by atoms with Crippen LogP contribution in [0.4, 0.5) is 0 Å². The highest BCUT2D eigenvalue weighted by Crippen LogP contribution is 2.33. The smallest absolute Gasteiger partial charge is 0.313 e. The summed E-state index contributed by atoms with van der Waals surface area (Å²) >= 11 is 3.44. The monoisotopic (exact) mass is 418 g/mol. The predicted molar refractivity (Wildman–Crippen MR) is 101 cm³/mol. The Morgan fingerprint density at radius 2 is 2.04 bits per heavy atom. The third kappa shape index (κ3) is 3.55. The molecule has 136 valence electrons. The number of carbonyl (C=O) groups is 1. The third-order valence-electron chi connectivity index (χ3n) is 3.70. The number of carbonyl (C=O) groups excluding carboxylic acids is 1. The van der Waals surface area contributed by atoms with Crippen LogP contribution in [-0.2, 0) is 16.3 Å². The highest BCUT2D eigenvalue weighted by atomic mass is 79.9. The van der Waals surface area contributed by atoms with E-state index in [-0.39, 0.29) is 12.7 Å². The van der Waals surface area contributed by atoms with Crippen LogP contribution in [0.1, 0.15) is 20.8 Å². The lowest BCUT2D eigenvalue weighted by Gasteiger charge is -2.16. The van der Waals surface area contributed by atoms with Gasteiger partial charge in [0.15, 0.2) is 12.4 Å². The molecule has 0 saturated carbocycles. The summed E-state index contributed by atoms with van der Waals surface area (Å²) in [6.45, 7) is 5.37. The second kappa shape index (κ2) is 7.03. The lowest BCUT2D eigenvalue weighted by molar-refractivity contribution is -0.157. The van der Waals surface area contributed by atoms with Crippen LogP contribution in [0.3, 0.4) is 0 Å². The van der Waals surface area contributed by atoms with Gasteiger partial charge < -0.3 is 9.47 Å². The third-order valence-corrected chi connectivity index (χ3v) is 4.13. The summed E-state index contributed by atoms with van der Waals surface area (Å²) in [6.07, 6.45) is 3.35. The van der Waals surface area contributed by atoms with E-state index in [1.807, 2.05) is 12.1 Å². The Kier molecular flexibility index (Phi) is 4.95. The molecule has 26 heavy (non-hydrogen) atoms. The van der Waals surface area contributed by atoms with Crippen molar-refractivity contribution in [2.45, 2.75) is 27.5 Å². The van der Waals surface area contributed by atoms with Crippen LogP contribution in [0.25, 0.3) is 22.4 Å². The van der Waals surface area contributed by atoms with Gasteiger partial charge in [-0.3, -0.25) is 9.78 Å². The fourth-order valence-electron chi connectivity index (χ4n) is 2.37. The number of fused-ring (bicyclic) bond motifs is 1. The van der Waals surface area contributed by atoms with Crippen LogP contribution in [0.2, 0.25) is 0 Å². The van der Waals surface area contributed by atoms with E-state index in [9.17, 15) is 4.79 Å². The Morgan fingerprint density at radius 3 is 2.73 bits per heavy atom. The van der Waals surface area contributed by atoms with Gasteiger partial charge in [-0.15, -0.1) is 0 Å². The zero-order valence-corrected chi connectivity index (χ0v) is 16.6. The summed E-state index contributed by atoms with van der Waals surface area (Å²) < 4.78 is 13.2. The molecular weight excluding hydrogens is 400 g/mol. The van der Waals surface area contributed by atoms with Gasteiger partial charge in [0.2, 0.25) is 0 Å². The van der Waals surface area contributed by atoms with Gasteiger partial charge in [-0.25, -0.2) is 9.67 Å². The van der Waals surface area contributed by atoms with Crippen molar-refractivity contribution in [3.05, 3.63) is 35.1 Å². The molecule has 0 radical (unpaired) electrons. The van der Waals surface area contributed by atoms with E-state index in [0.29, 0.717) is 22.8 Å². The highest BCUT2D eigenvalue weighted by Gasteiger charge is 2.24. The van der Waals surface area contributed by atoms with Gasteiger partial charge in [0.05, 0.1) is 17.9 Å². The van der Waals surface area contributed by atoms with Crippen molar-refractivity contribution >= 4 is 32.9 Å². The highest BCUT2D eigenvalue weighted by molar-refractivity contribution is 9.10. The molecule has 0 spiro atoms. The minimum absolute atomic E-state index is 0.0314. The molecule has 3 aromatic rings. The molecule has 0 fully saturated rings. The van der Waals surface area contributed by atoms with E-state index in [2.05, 4.69) is 31.0 Å². The summed E-state index contributed by atoms with van der Waals surface area (Å²) in [5.74, 6) is 0.293. The van der Waals surface area contributed by atoms with Gasteiger partial charge in [0.1, 0.15) is 17.1 Å². The van der Waals surface area contributed by atoms with E-state index in [1.165, 1.54) is 0 Å². The number of methoxy groups -OCH3 is 1. The fraction of sp³-hybridized carbons (Fsp3) is 0.333. The molecule has 7 nitrogen and oxygen atoms in total. The lowest BCUT2D eigenvalue weighted by Crippen LogP contribution is -2.24. The maximum atomic E-state index is 12.1. The molecule has 3 rings (SSSR count). The first-order valence-corrected chi connectivity index (χ1v) is 8.79. The maximum Gasteiger partial charge on any atom is 0.313 e. The normalized spacial score (nSPS) is 11.6. The van der Waals surface area contributed by atoms with Gasteiger partial charge in [0, 0.05) is 16.9 Å². The molecule has 8 heteroatoms. The molecule has 3 aromatic heterocycles. The summed E-state index contributed by atoms with van der Waals surface area (Å²) in [6, 6.07) is 5.51. The van der Waals surface area contributed by atoms with Crippen molar-refractivity contribution in [3.63, 3.8) is 0 Å². The summed E-state index contributed by atoms with van der Waals surface area (Å²) in [5, 5.41) is 5.36. The number of ether oxygens (including phenoxy) is 2. The zero-order valence-electron chi connectivity index (χ0n) is 15.0. The number of hydrogen-bond acceptors (Lipinski definition) is 6. The molecule has 0 atom stereocenters. The molecule has 0 aromatic carbocycles. The average Bonchev–Trinajstić information content (AvgIpc) is 2.96. The van der Waals surface area contributed by atoms with E-state index in [0.717, 1.165) is 9.86 Å². The fourth-order valence-corrected chi connectivity index (χ4v) is 2.70. The Morgan fingerprint density at radius 1 is 1.27 bits per heavy atom. The van der Waals surface area contributed by atoms with Crippen molar-refractivity contribution in [2.75, 3.05) is 7.11 Å². The molecule has 0 saturated heterocycles. The number of rotatable bonds is 4. The van der Waals surface area contributed by atoms with Crippen molar-refractivity contribution in [2.24, 2.45) is 5.41 Å². The standard InChI is InChI=1S/C18H19BrN4O3/c1-18(2,3)17(24)26-10-23-16-12(8-11(19)9-21-16)14(22-23)15-13(25-4)6-5-7-20-15/h5-9H,10H2,1-4H3. The topological polar surface area (TPSA) is 79.1 Å². The van der Waals surface area contributed by atoms with Crippen molar-refractivity contribution < 1.29 is 14.3 Å². The van der Waals surface area contributed by atoms with Crippen molar-refractivity contribution in [1.29, 1.82) is 0 Å². The van der Waals surface area contributed by atoms with E-state index in [1.54, 1.807) is 51.0 Å². The van der Waals surface area contributed by atoms with E-state index < -0.39 is 5.41 Å². The van der Waals surface area contributed by atoms with Gasteiger partial charge >= 0.3 is 5.97 Å². The van der Waals surface area contributed by atoms with Gasteiger partial charge in [0.25, 0.3) is 0 Å². The van der Waals surface area contributed by atoms with Crippen LogP contribution < -0.4 is 4.74 Å². The predicted octanol–water partition coefficient (Wildman–Crippen LogP) is 3.81. The molecule has 0 aliphatic heterocycles. The molecule has 0 N–H and O–H groups in total. The van der Waals surface area contributed by atoms with Gasteiger partial charge in [-0.2, -0.15) is 5.10 Å². The first-order chi connectivity index (χ1) is 12.3.